The minimum absolute atomic E-state index is 0.270. The highest BCUT2D eigenvalue weighted by Crippen LogP contribution is 2.28. The summed E-state index contributed by atoms with van der Waals surface area (Å²) in [6.45, 7) is 0. The number of aromatic nitrogens is 3. The van der Waals surface area contributed by atoms with Crippen LogP contribution in [0.2, 0.25) is 0 Å². The zero-order chi connectivity index (χ0) is 17.9. The van der Waals surface area contributed by atoms with Gasteiger partial charge in [0.1, 0.15) is 5.82 Å². The minimum Gasteiger partial charge on any atom is -0.265 e. The van der Waals surface area contributed by atoms with Crippen molar-refractivity contribution in [3.05, 3.63) is 90.5 Å². The van der Waals surface area contributed by atoms with E-state index < -0.39 is 0 Å². The topological polar surface area (TPSA) is 30.7 Å². The van der Waals surface area contributed by atoms with Gasteiger partial charge in [0.2, 0.25) is 0 Å². The van der Waals surface area contributed by atoms with Crippen molar-refractivity contribution in [2.75, 3.05) is 0 Å². The van der Waals surface area contributed by atoms with Crippen LogP contribution >= 0.6 is 12.6 Å². The maximum absolute atomic E-state index is 13.3. The van der Waals surface area contributed by atoms with Gasteiger partial charge >= 0.3 is 0 Å². The van der Waals surface area contributed by atoms with E-state index in [0.717, 1.165) is 33.8 Å². The third-order valence-corrected chi connectivity index (χ3v) is 4.55. The molecular weight excluding hydrogens is 345 g/mol. The molecule has 5 heteroatoms. The first-order valence-corrected chi connectivity index (χ1v) is 8.84. The largest absolute Gasteiger partial charge is 0.265 e. The smallest absolute Gasteiger partial charge is 0.123 e. The van der Waals surface area contributed by atoms with Crippen LogP contribution < -0.4 is 0 Å². The normalized spacial score (nSPS) is 10.8. The summed E-state index contributed by atoms with van der Waals surface area (Å²) in [7, 11) is 0. The molecule has 0 aliphatic heterocycles. The second-order valence-electron chi connectivity index (χ2n) is 5.89. The highest BCUT2D eigenvalue weighted by Gasteiger charge is 2.13. The van der Waals surface area contributed by atoms with E-state index in [2.05, 4.69) is 17.6 Å². The first kappa shape index (κ1) is 16.5. The number of pyridine rings is 1. The molecule has 2 heterocycles. The van der Waals surface area contributed by atoms with E-state index in [4.69, 9.17) is 5.10 Å². The molecule has 0 saturated carbocycles. The third kappa shape index (κ3) is 3.26. The van der Waals surface area contributed by atoms with Crippen LogP contribution in [-0.2, 0) is 5.75 Å². The average molecular weight is 361 g/mol. The summed E-state index contributed by atoms with van der Waals surface area (Å²) in [5.74, 6) is 0.431. The van der Waals surface area contributed by atoms with Gasteiger partial charge in [-0.2, -0.15) is 17.7 Å². The van der Waals surface area contributed by atoms with Crippen molar-refractivity contribution < 1.29 is 4.39 Å². The number of hydrogen-bond acceptors (Lipinski definition) is 3. The maximum Gasteiger partial charge on any atom is 0.123 e. The highest BCUT2D eigenvalue weighted by atomic mass is 32.1. The van der Waals surface area contributed by atoms with E-state index in [0.29, 0.717) is 5.75 Å². The molecule has 4 aromatic rings. The molecule has 128 valence electrons. The molecule has 0 fully saturated rings. The third-order valence-electron chi connectivity index (χ3n) is 4.19. The van der Waals surface area contributed by atoms with Gasteiger partial charge in [-0.3, -0.25) is 4.98 Å². The van der Waals surface area contributed by atoms with Crippen molar-refractivity contribution in [3.8, 4) is 28.2 Å². The van der Waals surface area contributed by atoms with Crippen LogP contribution in [0.25, 0.3) is 28.2 Å². The molecule has 2 aromatic heterocycles. The van der Waals surface area contributed by atoms with Gasteiger partial charge in [0.15, 0.2) is 0 Å². The van der Waals surface area contributed by atoms with Crippen LogP contribution in [0.4, 0.5) is 4.39 Å². The number of nitrogens with zero attached hydrogens (tertiary/aromatic N) is 3. The molecule has 0 unspecified atom stereocenters. The Bertz CT molecular complexity index is 1010. The number of thiol groups is 1. The lowest BCUT2D eigenvalue weighted by molar-refractivity contribution is 0.627. The predicted molar refractivity (Wildman–Crippen MR) is 105 cm³/mol. The van der Waals surface area contributed by atoms with Gasteiger partial charge in [0, 0.05) is 29.3 Å². The summed E-state index contributed by atoms with van der Waals surface area (Å²) in [5, 5.41) is 4.77. The Morgan fingerprint density at radius 1 is 0.846 bits per heavy atom. The van der Waals surface area contributed by atoms with Crippen LogP contribution in [0.15, 0.2) is 79.1 Å². The molecule has 4 rings (SSSR count). The van der Waals surface area contributed by atoms with Gasteiger partial charge < -0.3 is 0 Å². The van der Waals surface area contributed by atoms with Gasteiger partial charge in [-0.1, -0.05) is 24.3 Å². The summed E-state index contributed by atoms with van der Waals surface area (Å²) in [6.07, 6.45) is 3.50. The molecule has 0 spiro atoms. The van der Waals surface area contributed by atoms with E-state index in [1.165, 1.54) is 12.1 Å². The van der Waals surface area contributed by atoms with Gasteiger partial charge in [0.05, 0.1) is 17.1 Å². The van der Waals surface area contributed by atoms with Gasteiger partial charge in [-0.15, -0.1) is 0 Å². The van der Waals surface area contributed by atoms with Crippen LogP contribution in [-0.4, -0.2) is 14.8 Å². The molecule has 0 amide bonds. The van der Waals surface area contributed by atoms with E-state index in [1.807, 2.05) is 47.1 Å². The second-order valence-corrected chi connectivity index (χ2v) is 6.21. The minimum atomic E-state index is -0.270. The quantitative estimate of drug-likeness (QED) is 0.508. The predicted octanol–water partition coefficient (Wildman–Crippen LogP) is 5.17. The summed E-state index contributed by atoms with van der Waals surface area (Å²) >= 11 is 4.30. The molecule has 0 N–H and O–H groups in total. The molecule has 3 nitrogen and oxygen atoms in total. The standard InChI is InChI=1S/C21H16FN3S/c22-18-5-7-19(8-6-18)25-21(17-9-11-23-12-10-17)13-20(24-25)16-3-1-15(14-26)2-4-16/h1-13,26H,14H2. The molecule has 2 aromatic carbocycles. The van der Waals surface area contributed by atoms with Crippen LogP contribution in [0, 0.1) is 5.82 Å². The lowest BCUT2D eigenvalue weighted by Gasteiger charge is -2.07. The monoisotopic (exact) mass is 361 g/mol. The van der Waals surface area contributed by atoms with E-state index in [-0.39, 0.29) is 5.82 Å². The van der Waals surface area contributed by atoms with Crippen molar-refractivity contribution in [3.63, 3.8) is 0 Å². The van der Waals surface area contributed by atoms with Crippen molar-refractivity contribution in [1.82, 2.24) is 14.8 Å². The molecule has 26 heavy (non-hydrogen) atoms. The van der Waals surface area contributed by atoms with Crippen LogP contribution in [0.3, 0.4) is 0 Å². The van der Waals surface area contributed by atoms with E-state index in [9.17, 15) is 4.39 Å². The van der Waals surface area contributed by atoms with Crippen molar-refractivity contribution in [2.24, 2.45) is 0 Å². The zero-order valence-electron chi connectivity index (χ0n) is 13.9. The molecule has 0 bridgehead atoms. The number of hydrogen-bond donors (Lipinski definition) is 1. The summed E-state index contributed by atoms with van der Waals surface area (Å²) in [5.41, 5.74) is 5.75. The van der Waals surface area contributed by atoms with E-state index in [1.54, 1.807) is 24.5 Å². The van der Waals surface area contributed by atoms with E-state index >= 15 is 0 Å². The van der Waals surface area contributed by atoms with Gasteiger partial charge in [-0.25, -0.2) is 9.07 Å². The average Bonchev–Trinajstić information content (AvgIpc) is 3.15. The Morgan fingerprint density at radius 3 is 2.19 bits per heavy atom. The molecular formula is C21H16FN3S. The van der Waals surface area contributed by atoms with Crippen molar-refractivity contribution >= 4 is 12.6 Å². The summed E-state index contributed by atoms with van der Waals surface area (Å²) < 4.78 is 15.2. The van der Waals surface area contributed by atoms with Crippen molar-refractivity contribution in [2.45, 2.75) is 5.75 Å². The fourth-order valence-corrected chi connectivity index (χ4v) is 3.02. The Hall–Kier alpha value is -2.92. The van der Waals surface area contributed by atoms with Gasteiger partial charge in [0.25, 0.3) is 0 Å². The van der Waals surface area contributed by atoms with Gasteiger partial charge in [-0.05, 0) is 48.0 Å². The number of halogens is 1. The highest BCUT2D eigenvalue weighted by molar-refractivity contribution is 7.79. The fourth-order valence-electron chi connectivity index (χ4n) is 2.81. The Balaban J connectivity index is 1.85. The zero-order valence-corrected chi connectivity index (χ0v) is 14.8. The second kappa shape index (κ2) is 7.14. The molecule has 0 radical (unpaired) electrons. The number of benzene rings is 2. The summed E-state index contributed by atoms with van der Waals surface area (Å²) in [6, 6.07) is 20.4. The molecule has 0 saturated heterocycles. The van der Waals surface area contributed by atoms with Crippen LogP contribution in [0.5, 0.6) is 0 Å². The lowest BCUT2D eigenvalue weighted by atomic mass is 10.1. The molecule has 0 aliphatic rings. The first-order chi connectivity index (χ1) is 12.7. The van der Waals surface area contributed by atoms with Crippen molar-refractivity contribution in [1.29, 1.82) is 0 Å². The lowest BCUT2D eigenvalue weighted by Crippen LogP contribution is -1.99. The summed E-state index contributed by atoms with van der Waals surface area (Å²) in [4.78, 5) is 4.08. The fraction of sp³-hybridized carbons (Fsp3) is 0.0476. The molecule has 0 atom stereocenters. The molecule has 0 aliphatic carbocycles. The SMILES string of the molecule is Fc1ccc(-n2nc(-c3ccc(CS)cc3)cc2-c2ccncc2)cc1. The first-order valence-electron chi connectivity index (χ1n) is 8.21. The number of rotatable bonds is 4. The Kier molecular flexibility index (Phi) is 4.54. The Morgan fingerprint density at radius 2 is 1.54 bits per heavy atom. The van der Waals surface area contributed by atoms with Crippen LogP contribution in [0.1, 0.15) is 5.56 Å². The maximum atomic E-state index is 13.3. The Labute approximate surface area is 156 Å².